The molecule has 0 fully saturated rings. The van der Waals surface area contributed by atoms with Crippen LogP contribution in [0.15, 0.2) is 12.1 Å². The van der Waals surface area contributed by atoms with Gasteiger partial charge in [-0.2, -0.15) is 0 Å². The molecule has 0 bridgehead atoms. The molecule has 1 aromatic rings. The first-order valence-electron chi connectivity index (χ1n) is 4.47. The predicted molar refractivity (Wildman–Crippen MR) is 62.6 cm³/mol. The van der Waals surface area contributed by atoms with E-state index in [1.54, 1.807) is 0 Å². The minimum absolute atomic E-state index is 0.0519. The molecule has 1 N–H and O–H groups in total. The Hall–Kier alpha value is -2.07. The Bertz CT molecular complexity index is 519. The van der Waals surface area contributed by atoms with E-state index in [1.165, 1.54) is 13.0 Å². The molecular formula is C10H8N2O4S. The second kappa shape index (κ2) is 5.86. The molecule has 0 atom stereocenters. The van der Waals surface area contributed by atoms with Gasteiger partial charge in [-0.3, -0.25) is 4.79 Å². The number of thioether (sulfide) groups is 1. The summed E-state index contributed by atoms with van der Waals surface area (Å²) in [5.41, 5.74) is 0.179. The minimum atomic E-state index is -0.787. The molecule has 0 saturated heterocycles. The van der Waals surface area contributed by atoms with E-state index in [9.17, 15) is 14.9 Å². The fraction of sp³-hybridized carbons (Fsp3) is 0.200. The van der Waals surface area contributed by atoms with E-state index in [4.69, 9.17) is 5.11 Å². The highest BCUT2D eigenvalue weighted by molar-refractivity contribution is 8.13. The van der Waals surface area contributed by atoms with Gasteiger partial charge >= 0.3 is 5.82 Å². The quantitative estimate of drug-likeness (QED) is 0.485. The zero-order chi connectivity index (χ0) is 12.8. The first kappa shape index (κ1) is 13.0. The maximum atomic E-state index is 10.6. The maximum absolute atomic E-state index is 10.6. The molecule has 7 heteroatoms. The number of aromatic nitrogens is 1. The second-order valence-corrected chi connectivity index (χ2v) is 4.03. The Morgan fingerprint density at radius 3 is 2.94 bits per heavy atom. The van der Waals surface area contributed by atoms with Crippen LogP contribution in [0.25, 0.3) is 0 Å². The number of pyridine rings is 1. The Balaban J connectivity index is 2.82. The van der Waals surface area contributed by atoms with Gasteiger partial charge in [-0.15, -0.1) is 0 Å². The smallest absolute Gasteiger partial charge is 0.407 e. The van der Waals surface area contributed by atoms with Crippen LogP contribution in [0.4, 0.5) is 5.82 Å². The molecule has 17 heavy (non-hydrogen) atoms. The van der Waals surface area contributed by atoms with Crippen molar-refractivity contribution in [1.82, 2.24) is 4.98 Å². The molecule has 88 valence electrons. The molecule has 1 heterocycles. The van der Waals surface area contributed by atoms with E-state index in [0.717, 1.165) is 17.8 Å². The average Bonchev–Trinajstić information content (AvgIpc) is 2.25. The Morgan fingerprint density at radius 2 is 2.35 bits per heavy atom. The van der Waals surface area contributed by atoms with Gasteiger partial charge in [0.2, 0.25) is 11.4 Å². The number of rotatable bonds is 2. The van der Waals surface area contributed by atoms with Crippen LogP contribution in [0.1, 0.15) is 12.6 Å². The number of hydrogen-bond acceptors (Lipinski definition) is 6. The maximum Gasteiger partial charge on any atom is 0.407 e. The van der Waals surface area contributed by atoms with Crippen LogP contribution in [-0.4, -0.2) is 25.9 Å². The lowest BCUT2D eigenvalue weighted by Crippen LogP contribution is -1.94. The lowest BCUT2D eigenvalue weighted by atomic mass is 10.3. The van der Waals surface area contributed by atoms with Crippen molar-refractivity contribution >= 4 is 22.7 Å². The molecule has 0 saturated carbocycles. The van der Waals surface area contributed by atoms with Crippen molar-refractivity contribution < 1.29 is 14.8 Å². The third-order valence-electron chi connectivity index (χ3n) is 1.59. The van der Waals surface area contributed by atoms with Crippen LogP contribution in [0, 0.1) is 22.0 Å². The van der Waals surface area contributed by atoms with Crippen LogP contribution >= 0.6 is 11.8 Å². The molecule has 0 aliphatic carbocycles. The second-order valence-electron chi connectivity index (χ2n) is 2.88. The molecular weight excluding hydrogens is 244 g/mol. The Morgan fingerprint density at radius 1 is 1.65 bits per heavy atom. The van der Waals surface area contributed by atoms with E-state index < -0.39 is 16.5 Å². The van der Waals surface area contributed by atoms with Gasteiger partial charge in [0.15, 0.2) is 5.12 Å². The van der Waals surface area contributed by atoms with E-state index in [2.05, 4.69) is 16.8 Å². The van der Waals surface area contributed by atoms with Crippen LogP contribution in [0.3, 0.4) is 0 Å². The van der Waals surface area contributed by atoms with E-state index in [1.807, 2.05) is 0 Å². The summed E-state index contributed by atoms with van der Waals surface area (Å²) in [6.45, 7) is 1.43. The highest BCUT2D eigenvalue weighted by atomic mass is 32.2. The predicted octanol–water partition coefficient (Wildman–Crippen LogP) is 1.33. The Labute approximate surface area is 101 Å². The van der Waals surface area contributed by atoms with Crippen molar-refractivity contribution in [2.45, 2.75) is 6.92 Å². The fourth-order valence-corrected chi connectivity index (χ4v) is 1.26. The van der Waals surface area contributed by atoms with E-state index in [-0.39, 0.29) is 10.8 Å². The molecule has 0 unspecified atom stereocenters. The summed E-state index contributed by atoms with van der Waals surface area (Å²) in [6, 6.07) is 2.53. The zero-order valence-corrected chi connectivity index (χ0v) is 9.65. The highest BCUT2D eigenvalue weighted by Crippen LogP contribution is 2.21. The molecule has 0 aromatic carbocycles. The first-order chi connectivity index (χ1) is 8.00. The number of nitro groups is 1. The third kappa shape index (κ3) is 4.12. The summed E-state index contributed by atoms with van der Waals surface area (Å²) in [7, 11) is 0. The number of carbonyl (C=O) groups is 1. The lowest BCUT2D eigenvalue weighted by Gasteiger charge is -1.94. The van der Waals surface area contributed by atoms with Crippen molar-refractivity contribution in [2.75, 3.05) is 5.75 Å². The van der Waals surface area contributed by atoms with Crippen molar-refractivity contribution in [1.29, 1.82) is 0 Å². The normalized spacial score (nSPS) is 9.24. The van der Waals surface area contributed by atoms with Crippen LogP contribution in [0.2, 0.25) is 0 Å². The topological polar surface area (TPSA) is 93.3 Å². The van der Waals surface area contributed by atoms with Crippen LogP contribution in [-0.2, 0) is 4.79 Å². The summed E-state index contributed by atoms with van der Waals surface area (Å²) in [5.74, 6) is 4.38. The summed E-state index contributed by atoms with van der Waals surface area (Å²) in [6.07, 6.45) is 0. The lowest BCUT2D eigenvalue weighted by molar-refractivity contribution is -0.390. The number of hydrogen-bond donors (Lipinski definition) is 1. The molecule has 1 rings (SSSR count). The van der Waals surface area contributed by atoms with Gasteiger partial charge in [0.05, 0.1) is 5.75 Å². The van der Waals surface area contributed by atoms with Gasteiger partial charge in [-0.25, -0.2) is 0 Å². The van der Waals surface area contributed by atoms with Gasteiger partial charge in [0.25, 0.3) is 0 Å². The highest BCUT2D eigenvalue weighted by Gasteiger charge is 2.15. The van der Waals surface area contributed by atoms with Gasteiger partial charge < -0.3 is 15.2 Å². The van der Waals surface area contributed by atoms with Crippen molar-refractivity contribution in [3.63, 3.8) is 0 Å². The third-order valence-corrected chi connectivity index (χ3v) is 2.29. The summed E-state index contributed by atoms with van der Waals surface area (Å²) in [5, 5.41) is 19.6. The van der Waals surface area contributed by atoms with Crippen LogP contribution in [0.5, 0.6) is 5.75 Å². The molecule has 0 radical (unpaired) electrons. The van der Waals surface area contributed by atoms with E-state index in [0.29, 0.717) is 5.75 Å². The van der Waals surface area contributed by atoms with Gasteiger partial charge in [-0.1, -0.05) is 17.7 Å². The van der Waals surface area contributed by atoms with Crippen molar-refractivity contribution in [3.8, 4) is 17.6 Å². The minimum Gasteiger partial charge on any atom is -0.501 e. The monoisotopic (exact) mass is 252 g/mol. The molecule has 0 aliphatic rings. The standard InChI is InChI=1S/C10H8N2O4S/c1-7(13)17-6-2-3-8-4-5-9(14)10(11-8)12(15)16/h4-5,14H,6H2,1H3. The van der Waals surface area contributed by atoms with Gasteiger partial charge in [0.1, 0.15) is 0 Å². The summed E-state index contributed by atoms with van der Waals surface area (Å²) >= 11 is 1.04. The number of aromatic hydroxyl groups is 1. The largest absolute Gasteiger partial charge is 0.501 e. The SMILES string of the molecule is CC(=O)SCC#Cc1ccc(O)c([N+](=O)[O-])n1. The average molecular weight is 252 g/mol. The van der Waals surface area contributed by atoms with Gasteiger partial charge in [0, 0.05) is 13.0 Å². The van der Waals surface area contributed by atoms with Gasteiger partial charge in [-0.05, 0) is 21.9 Å². The van der Waals surface area contributed by atoms with Crippen molar-refractivity contribution in [3.05, 3.63) is 27.9 Å². The molecule has 1 aromatic heterocycles. The fourth-order valence-electron chi connectivity index (χ4n) is 0.909. The first-order valence-corrected chi connectivity index (χ1v) is 5.46. The zero-order valence-electron chi connectivity index (χ0n) is 8.84. The Kier molecular flexibility index (Phi) is 4.48. The van der Waals surface area contributed by atoms with Crippen molar-refractivity contribution in [2.24, 2.45) is 0 Å². The number of nitrogens with zero attached hydrogens (tertiary/aromatic N) is 2. The summed E-state index contributed by atoms with van der Waals surface area (Å²) < 4.78 is 0. The van der Waals surface area contributed by atoms with Crippen LogP contribution < -0.4 is 0 Å². The molecule has 0 spiro atoms. The molecule has 0 aliphatic heterocycles. The summed E-state index contributed by atoms with van der Waals surface area (Å²) in [4.78, 5) is 23.9. The molecule has 6 nitrogen and oxygen atoms in total. The molecule has 0 amide bonds. The number of carbonyl (C=O) groups excluding carboxylic acids is 1. The van der Waals surface area contributed by atoms with E-state index >= 15 is 0 Å².